The number of anilines is 1. The number of halogens is 3. The van der Waals surface area contributed by atoms with Crippen molar-refractivity contribution in [2.75, 3.05) is 19.1 Å². The maximum atomic E-state index is 13.8. The van der Waals surface area contributed by atoms with E-state index in [1.165, 1.54) is 12.1 Å². The monoisotopic (exact) mass is 436 g/mol. The zero-order valence-corrected chi connectivity index (χ0v) is 18.1. The van der Waals surface area contributed by atoms with Crippen LogP contribution in [-0.2, 0) is 12.7 Å². The number of ether oxygens (including phenoxy) is 1. The molecule has 0 atom stereocenters. The van der Waals surface area contributed by atoms with Crippen molar-refractivity contribution in [3.8, 4) is 17.0 Å². The molecule has 164 valence electrons. The molecule has 4 rings (SSSR count). The third-order valence-corrected chi connectivity index (χ3v) is 5.51. The Morgan fingerprint density at radius 2 is 1.66 bits per heavy atom. The molecule has 0 amide bonds. The highest BCUT2D eigenvalue weighted by Crippen LogP contribution is 2.41. The Balaban J connectivity index is 1.88. The van der Waals surface area contributed by atoms with Crippen molar-refractivity contribution in [3.05, 3.63) is 89.5 Å². The highest BCUT2D eigenvalue weighted by atomic mass is 19.4. The lowest BCUT2D eigenvalue weighted by molar-refractivity contribution is -0.137. The van der Waals surface area contributed by atoms with Crippen molar-refractivity contribution < 1.29 is 17.9 Å². The first-order chi connectivity index (χ1) is 15.3. The second-order valence-corrected chi connectivity index (χ2v) is 7.75. The first kappa shape index (κ1) is 21.7. The van der Waals surface area contributed by atoms with Gasteiger partial charge in [-0.2, -0.15) is 13.2 Å². The number of para-hydroxylation sites is 1. The number of rotatable bonds is 5. The Hall–Kier alpha value is -3.54. The van der Waals surface area contributed by atoms with Crippen LogP contribution in [0.4, 0.5) is 18.9 Å². The first-order valence-corrected chi connectivity index (χ1v) is 10.2. The Bertz CT molecular complexity index is 1250. The van der Waals surface area contributed by atoms with E-state index in [4.69, 9.17) is 9.72 Å². The summed E-state index contributed by atoms with van der Waals surface area (Å²) in [6.07, 6.45) is -4.48. The lowest BCUT2D eigenvalue weighted by Crippen LogP contribution is -2.18. The van der Waals surface area contributed by atoms with Crippen LogP contribution in [0.15, 0.2) is 72.8 Å². The second-order valence-electron chi connectivity index (χ2n) is 7.75. The Morgan fingerprint density at radius 1 is 0.938 bits per heavy atom. The van der Waals surface area contributed by atoms with Crippen LogP contribution in [0.5, 0.6) is 5.75 Å². The molecule has 0 N–H and O–H groups in total. The van der Waals surface area contributed by atoms with Crippen LogP contribution in [0.2, 0.25) is 0 Å². The SMILES string of the molecule is COc1ccc(CN(C)c2cc3cccc(C)c3nc2-c2ccccc2C(F)(F)F)cc1. The highest BCUT2D eigenvalue weighted by Gasteiger charge is 2.34. The number of nitrogens with zero attached hydrogens (tertiary/aromatic N) is 2. The minimum Gasteiger partial charge on any atom is -0.497 e. The number of methoxy groups -OCH3 is 1. The van der Waals surface area contributed by atoms with Gasteiger partial charge in [-0.3, -0.25) is 0 Å². The maximum absolute atomic E-state index is 13.8. The van der Waals surface area contributed by atoms with Gasteiger partial charge in [-0.05, 0) is 42.3 Å². The van der Waals surface area contributed by atoms with Gasteiger partial charge in [-0.25, -0.2) is 4.98 Å². The van der Waals surface area contributed by atoms with Gasteiger partial charge >= 0.3 is 6.18 Å². The van der Waals surface area contributed by atoms with E-state index < -0.39 is 11.7 Å². The fourth-order valence-corrected chi connectivity index (χ4v) is 3.85. The molecular formula is C26H23F3N2O. The van der Waals surface area contributed by atoms with E-state index in [0.717, 1.165) is 28.3 Å². The number of pyridine rings is 1. The van der Waals surface area contributed by atoms with Gasteiger partial charge < -0.3 is 9.64 Å². The van der Waals surface area contributed by atoms with Gasteiger partial charge in [0, 0.05) is 24.5 Å². The van der Waals surface area contributed by atoms with Crippen LogP contribution < -0.4 is 9.64 Å². The number of hydrogen-bond acceptors (Lipinski definition) is 3. The van der Waals surface area contributed by atoms with E-state index in [2.05, 4.69) is 0 Å². The Kier molecular flexibility index (Phi) is 5.78. The van der Waals surface area contributed by atoms with Crippen LogP contribution in [-0.4, -0.2) is 19.1 Å². The third kappa shape index (κ3) is 4.26. The highest BCUT2D eigenvalue weighted by molar-refractivity contribution is 5.91. The summed E-state index contributed by atoms with van der Waals surface area (Å²) >= 11 is 0. The number of hydrogen-bond donors (Lipinski definition) is 0. The summed E-state index contributed by atoms with van der Waals surface area (Å²) in [6.45, 7) is 2.42. The molecule has 6 heteroatoms. The molecule has 0 aliphatic rings. The molecule has 0 unspecified atom stereocenters. The fourth-order valence-electron chi connectivity index (χ4n) is 3.85. The molecule has 32 heavy (non-hydrogen) atoms. The standard InChI is InChI=1S/C26H23F3N2O/c1-17-7-6-8-19-15-23(31(2)16-18-11-13-20(32-3)14-12-18)25(30-24(17)19)21-9-4-5-10-22(21)26(27,28)29/h4-15H,16H2,1-3H3. The first-order valence-electron chi connectivity index (χ1n) is 10.2. The van der Waals surface area contributed by atoms with Crippen molar-refractivity contribution in [1.29, 1.82) is 0 Å². The van der Waals surface area contributed by atoms with Gasteiger partial charge in [-0.15, -0.1) is 0 Å². The van der Waals surface area contributed by atoms with Gasteiger partial charge in [0.1, 0.15) is 5.75 Å². The number of aryl methyl sites for hydroxylation is 1. The van der Waals surface area contributed by atoms with Crippen molar-refractivity contribution in [1.82, 2.24) is 4.98 Å². The summed E-state index contributed by atoms with van der Waals surface area (Å²) in [5.41, 5.74) is 2.94. The van der Waals surface area contributed by atoms with E-state index in [0.29, 0.717) is 23.4 Å². The molecule has 1 heterocycles. The van der Waals surface area contributed by atoms with Crippen molar-refractivity contribution in [3.63, 3.8) is 0 Å². The van der Waals surface area contributed by atoms with E-state index in [9.17, 15) is 13.2 Å². The van der Waals surface area contributed by atoms with Gasteiger partial charge in [0.25, 0.3) is 0 Å². The number of benzene rings is 3. The summed E-state index contributed by atoms with van der Waals surface area (Å²) < 4.78 is 46.7. The molecule has 0 aliphatic carbocycles. The molecule has 0 aliphatic heterocycles. The Morgan fingerprint density at radius 3 is 2.34 bits per heavy atom. The molecule has 0 saturated carbocycles. The molecule has 0 fully saturated rings. The van der Waals surface area contributed by atoms with Gasteiger partial charge in [0.2, 0.25) is 0 Å². The smallest absolute Gasteiger partial charge is 0.417 e. The molecule has 3 aromatic carbocycles. The average Bonchev–Trinajstić information content (AvgIpc) is 2.78. The topological polar surface area (TPSA) is 25.4 Å². The summed E-state index contributed by atoms with van der Waals surface area (Å²) in [5.74, 6) is 0.749. The molecule has 0 spiro atoms. The quantitative estimate of drug-likeness (QED) is 0.341. The number of alkyl halides is 3. The summed E-state index contributed by atoms with van der Waals surface area (Å²) in [6, 6.07) is 20.9. The molecule has 0 saturated heterocycles. The summed E-state index contributed by atoms with van der Waals surface area (Å²) in [7, 11) is 3.47. The van der Waals surface area contributed by atoms with Crippen molar-refractivity contribution in [2.45, 2.75) is 19.6 Å². The largest absolute Gasteiger partial charge is 0.497 e. The number of fused-ring (bicyclic) bond motifs is 1. The van der Waals surface area contributed by atoms with Gasteiger partial charge in [-0.1, -0.05) is 48.5 Å². The van der Waals surface area contributed by atoms with Crippen molar-refractivity contribution >= 4 is 16.6 Å². The van der Waals surface area contributed by atoms with Gasteiger partial charge in [0.05, 0.1) is 29.6 Å². The molecule has 0 bridgehead atoms. The lowest BCUT2D eigenvalue weighted by atomic mass is 9.99. The lowest BCUT2D eigenvalue weighted by Gasteiger charge is -2.24. The van der Waals surface area contributed by atoms with E-state index >= 15 is 0 Å². The maximum Gasteiger partial charge on any atom is 0.417 e. The fraction of sp³-hybridized carbons (Fsp3) is 0.192. The van der Waals surface area contributed by atoms with E-state index in [1.54, 1.807) is 13.2 Å². The second kappa shape index (κ2) is 8.54. The van der Waals surface area contributed by atoms with Crippen LogP contribution in [0.1, 0.15) is 16.7 Å². The molecule has 3 nitrogen and oxygen atoms in total. The van der Waals surface area contributed by atoms with Crippen LogP contribution in [0, 0.1) is 6.92 Å². The van der Waals surface area contributed by atoms with Crippen molar-refractivity contribution in [2.24, 2.45) is 0 Å². The summed E-state index contributed by atoms with van der Waals surface area (Å²) in [4.78, 5) is 6.68. The number of aromatic nitrogens is 1. The van der Waals surface area contributed by atoms with Gasteiger partial charge in [0.15, 0.2) is 0 Å². The third-order valence-electron chi connectivity index (χ3n) is 5.51. The zero-order valence-electron chi connectivity index (χ0n) is 18.1. The van der Waals surface area contributed by atoms with E-state index in [-0.39, 0.29) is 5.56 Å². The molecule has 4 aromatic rings. The molecule has 0 radical (unpaired) electrons. The minimum atomic E-state index is -4.48. The average molecular weight is 436 g/mol. The normalized spacial score (nSPS) is 11.6. The Labute approximate surface area is 185 Å². The van der Waals surface area contributed by atoms with Crippen LogP contribution in [0.25, 0.3) is 22.2 Å². The predicted octanol–water partition coefficient (Wildman–Crippen LogP) is 6.87. The predicted molar refractivity (Wildman–Crippen MR) is 122 cm³/mol. The van der Waals surface area contributed by atoms with E-state index in [1.807, 2.05) is 67.4 Å². The van der Waals surface area contributed by atoms with Crippen LogP contribution >= 0.6 is 0 Å². The molecular weight excluding hydrogens is 413 g/mol. The summed E-state index contributed by atoms with van der Waals surface area (Å²) in [5, 5.41) is 0.884. The van der Waals surface area contributed by atoms with Crippen LogP contribution in [0.3, 0.4) is 0 Å². The molecule has 1 aromatic heterocycles. The zero-order chi connectivity index (χ0) is 22.9. The minimum absolute atomic E-state index is 0.0710.